The number of carboxylic acids is 1. The predicted molar refractivity (Wildman–Crippen MR) is 46.2 cm³/mol. The van der Waals surface area contributed by atoms with Crippen molar-refractivity contribution in [2.75, 3.05) is 0 Å². The van der Waals surface area contributed by atoms with Crippen LogP contribution < -0.4 is 10.4 Å². The van der Waals surface area contributed by atoms with Crippen molar-refractivity contribution >= 4 is 29.2 Å². The van der Waals surface area contributed by atoms with Gasteiger partial charge in [0.2, 0.25) is 0 Å². The van der Waals surface area contributed by atoms with E-state index in [-0.39, 0.29) is 0 Å². The molecule has 2 rings (SSSR count). The van der Waals surface area contributed by atoms with Crippen LogP contribution >= 0.6 is 11.6 Å². The first kappa shape index (κ1) is 7.37. The van der Waals surface area contributed by atoms with Crippen molar-refractivity contribution in [3.63, 3.8) is 0 Å². The molecule has 2 nitrogen and oxygen atoms in total. The van der Waals surface area contributed by atoms with Gasteiger partial charge in [-0.15, -0.1) is 0 Å². The van der Waals surface area contributed by atoms with Crippen LogP contribution in [0.2, 0.25) is 5.02 Å². The third-order valence-electron chi connectivity index (χ3n) is 1.84. The van der Waals surface area contributed by atoms with Crippen LogP contribution in [0.15, 0.2) is 18.2 Å². The van der Waals surface area contributed by atoms with Gasteiger partial charge in [-0.1, -0.05) is 17.7 Å². The molecule has 1 aromatic carbocycles. The lowest BCUT2D eigenvalue weighted by Gasteiger charge is -2.05. The minimum absolute atomic E-state index is 0.340. The molecule has 1 aliphatic carbocycles. The maximum Gasteiger partial charge on any atom is 0.336 e. The van der Waals surface area contributed by atoms with E-state index in [1.165, 1.54) is 0 Å². The topological polar surface area (TPSA) is 37.3 Å². The van der Waals surface area contributed by atoms with Gasteiger partial charge in [0.15, 0.2) is 0 Å². The number of carbonyl (C=O) groups is 1. The van der Waals surface area contributed by atoms with Gasteiger partial charge in [0, 0.05) is 5.02 Å². The van der Waals surface area contributed by atoms with Crippen molar-refractivity contribution in [2.24, 2.45) is 0 Å². The zero-order valence-corrected chi connectivity index (χ0v) is 6.80. The summed E-state index contributed by atoms with van der Waals surface area (Å²) in [6.07, 6.45) is 1.63. The Bertz CT molecular complexity index is 474. The first-order valence-corrected chi connectivity index (χ1v) is 3.81. The van der Waals surface area contributed by atoms with Crippen molar-refractivity contribution in [3.8, 4) is 0 Å². The lowest BCUT2D eigenvalue weighted by atomic mass is 10.0. The molecule has 0 fully saturated rings. The van der Waals surface area contributed by atoms with Gasteiger partial charge in [0.05, 0.1) is 5.57 Å². The molecule has 3 heteroatoms. The Morgan fingerprint density at radius 2 is 2.17 bits per heavy atom. The third-order valence-corrected chi connectivity index (χ3v) is 2.07. The van der Waals surface area contributed by atoms with Gasteiger partial charge in [-0.2, -0.15) is 0 Å². The second kappa shape index (κ2) is 2.35. The average molecular weight is 181 g/mol. The van der Waals surface area contributed by atoms with Crippen LogP contribution in [0.25, 0.3) is 11.6 Å². The highest BCUT2D eigenvalue weighted by molar-refractivity contribution is 6.31. The molecule has 0 aromatic heterocycles. The molecule has 1 aliphatic rings. The SMILES string of the molecule is O=C(O)C1=c2cc(Cl)ccc2=C1. The lowest BCUT2D eigenvalue weighted by molar-refractivity contribution is -0.130. The minimum Gasteiger partial charge on any atom is -0.478 e. The van der Waals surface area contributed by atoms with Crippen LogP contribution in [-0.2, 0) is 4.79 Å². The molecular weight excluding hydrogens is 176 g/mol. The Kier molecular flexibility index (Phi) is 1.45. The predicted octanol–water partition coefficient (Wildman–Crippen LogP) is 0.369. The van der Waals surface area contributed by atoms with Crippen LogP contribution in [0.3, 0.4) is 0 Å². The number of carboxylic acid groups (broad SMARTS) is 1. The summed E-state index contributed by atoms with van der Waals surface area (Å²) in [4.78, 5) is 10.5. The fourth-order valence-corrected chi connectivity index (χ4v) is 1.39. The molecule has 12 heavy (non-hydrogen) atoms. The van der Waals surface area contributed by atoms with Gasteiger partial charge in [0.25, 0.3) is 0 Å². The van der Waals surface area contributed by atoms with Crippen molar-refractivity contribution in [1.29, 1.82) is 0 Å². The minimum atomic E-state index is -0.898. The molecule has 0 aliphatic heterocycles. The molecule has 60 valence electrons. The molecule has 0 amide bonds. The average Bonchev–Trinajstić information content (AvgIpc) is 1.95. The fourth-order valence-electron chi connectivity index (χ4n) is 1.22. The zero-order chi connectivity index (χ0) is 8.72. The van der Waals surface area contributed by atoms with Crippen LogP contribution in [0.5, 0.6) is 0 Å². The Morgan fingerprint density at radius 1 is 1.42 bits per heavy atom. The van der Waals surface area contributed by atoms with Crippen molar-refractivity contribution in [3.05, 3.63) is 33.7 Å². The highest BCUT2D eigenvalue weighted by Crippen LogP contribution is 2.06. The summed E-state index contributed by atoms with van der Waals surface area (Å²) in [5.74, 6) is -0.898. The zero-order valence-electron chi connectivity index (χ0n) is 6.04. The molecule has 1 N–H and O–H groups in total. The summed E-state index contributed by atoms with van der Waals surface area (Å²) >= 11 is 5.70. The summed E-state index contributed by atoms with van der Waals surface area (Å²) in [5.41, 5.74) is 0.340. The van der Waals surface area contributed by atoms with Gasteiger partial charge in [-0.3, -0.25) is 0 Å². The number of hydrogen-bond donors (Lipinski definition) is 1. The molecule has 0 bridgehead atoms. The summed E-state index contributed by atoms with van der Waals surface area (Å²) < 4.78 is 0. The van der Waals surface area contributed by atoms with Gasteiger partial charge in [-0.05, 0) is 28.6 Å². The van der Waals surface area contributed by atoms with Gasteiger partial charge >= 0.3 is 5.97 Å². The van der Waals surface area contributed by atoms with Crippen molar-refractivity contribution in [1.82, 2.24) is 0 Å². The summed E-state index contributed by atoms with van der Waals surface area (Å²) in [6, 6.07) is 5.22. The summed E-state index contributed by atoms with van der Waals surface area (Å²) in [5, 5.41) is 10.9. The van der Waals surface area contributed by atoms with Crippen LogP contribution in [0.1, 0.15) is 0 Å². The van der Waals surface area contributed by atoms with Crippen molar-refractivity contribution < 1.29 is 9.90 Å². The molecule has 1 aromatic rings. The molecular formula is C9H5ClO2. The first-order valence-electron chi connectivity index (χ1n) is 3.43. The number of rotatable bonds is 1. The van der Waals surface area contributed by atoms with E-state index < -0.39 is 5.97 Å². The van der Waals surface area contributed by atoms with Crippen LogP contribution in [-0.4, -0.2) is 11.1 Å². The Labute approximate surface area is 73.4 Å². The Balaban J connectivity index is 2.73. The van der Waals surface area contributed by atoms with E-state index in [1.807, 2.05) is 6.07 Å². The van der Waals surface area contributed by atoms with Gasteiger partial charge in [-0.25, -0.2) is 4.79 Å². The summed E-state index contributed by atoms with van der Waals surface area (Å²) in [6.45, 7) is 0. The van der Waals surface area contributed by atoms with Crippen LogP contribution in [0, 0.1) is 0 Å². The van der Waals surface area contributed by atoms with E-state index in [2.05, 4.69) is 0 Å². The fraction of sp³-hybridized carbons (Fsp3) is 0. The third kappa shape index (κ3) is 0.924. The molecule has 0 saturated heterocycles. The smallest absolute Gasteiger partial charge is 0.336 e. The normalized spacial score (nSPS) is 12.9. The maximum absolute atomic E-state index is 10.5. The molecule has 0 saturated carbocycles. The highest BCUT2D eigenvalue weighted by atomic mass is 35.5. The second-order valence-corrected chi connectivity index (χ2v) is 3.03. The number of benzene rings is 1. The number of hydrogen-bond acceptors (Lipinski definition) is 1. The first-order chi connectivity index (χ1) is 5.68. The van der Waals surface area contributed by atoms with Crippen molar-refractivity contribution in [2.45, 2.75) is 0 Å². The van der Waals surface area contributed by atoms with Gasteiger partial charge < -0.3 is 5.11 Å². The Hall–Kier alpha value is -1.28. The van der Waals surface area contributed by atoms with E-state index in [4.69, 9.17) is 16.7 Å². The van der Waals surface area contributed by atoms with E-state index in [1.54, 1.807) is 18.2 Å². The van der Waals surface area contributed by atoms with E-state index in [0.29, 0.717) is 10.6 Å². The van der Waals surface area contributed by atoms with Gasteiger partial charge in [0.1, 0.15) is 0 Å². The number of fused-ring (bicyclic) bond motifs is 1. The molecule has 0 atom stereocenters. The molecule has 0 unspecified atom stereocenters. The van der Waals surface area contributed by atoms with E-state index in [9.17, 15) is 4.79 Å². The molecule has 0 heterocycles. The second-order valence-electron chi connectivity index (χ2n) is 2.59. The standard InChI is InChI=1S/C9H5ClO2/c10-6-2-1-5-3-8(9(11)12)7(5)4-6/h1-4H,(H,11,12). The summed E-state index contributed by atoms with van der Waals surface area (Å²) in [7, 11) is 0. The lowest BCUT2D eigenvalue weighted by Crippen LogP contribution is -2.36. The maximum atomic E-state index is 10.5. The number of halogens is 1. The molecule has 0 radical (unpaired) electrons. The quantitative estimate of drug-likeness (QED) is 0.678. The molecule has 0 spiro atoms. The largest absolute Gasteiger partial charge is 0.478 e. The monoisotopic (exact) mass is 180 g/mol. The highest BCUT2D eigenvalue weighted by Gasteiger charge is 2.12. The van der Waals surface area contributed by atoms with Crippen LogP contribution in [0.4, 0.5) is 0 Å². The Morgan fingerprint density at radius 3 is 2.83 bits per heavy atom. The van der Waals surface area contributed by atoms with E-state index >= 15 is 0 Å². The number of aliphatic carboxylic acids is 1. The van der Waals surface area contributed by atoms with E-state index in [0.717, 1.165) is 10.4 Å².